The molecule has 0 saturated carbocycles. The zero-order valence-corrected chi connectivity index (χ0v) is 33.9. The largest absolute Gasteiger partial charge is 0.456 e. The molecule has 12 rings (SSSR count). The van der Waals surface area contributed by atoms with Gasteiger partial charge in [-0.3, -0.25) is 0 Å². The fourth-order valence-electron chi connectivity index (χ4n) is 9.24. The van der Waals surface area contributed by atoms with Crippen LogP contribution in [0, 0.1) is 0 Å². The average Bonchev–Trinajstić information content (AvgIpc) is 3.79. The van der Waals surface area contributed by atoms with E-state index in [1.807, 2.05) is 18.2 Å². The summed E-state index contributed by atoms with van der Waals surface area (Å²) in [7, 11) is 0. The first-order valence-corrected chi connectivity index (χ1v) is 21.2. The molecule has 0 atom stereocenters. The van der Waals surface area contributed by atoms with Crippen molar-refractivity contribution < 1.29 is 4.42 Å². The molecule has 11 aromatic carbocycles. The van der Waals surface area contributed by atoms with Gasteiger partial charge in [-0.2, -0.15) is 0 Å². The van der Waals surface area contributed by atoms with E-state index in [1.54, 1.807) is 0 Å². The Kier molecular flexibility index (Phi) is 8.53. The summed E-state index contributed by atoms with van der Waals surface area (Å²) < 4.78 is 6.22. The quantitative estimate of drug-likeness (QED) is 0.150. The third-order valence-electron chi connectivity index (χ3n) is 12.4. The first-order chi connectivity index (χ1) is 30.7. The molecule has 0 aliphatic carbocycles. The average molecular weight is 790 g/mol. The molecule has 290 valence electrons. The zero-order chi connectivity index (χ0) is 41.0. The molecule has 12 aromatic rings. The Balaban J connectivity index is 0.912. The monoisotopic (exact) mass is 789 g/mol. The third kappa shape index (κ3) is 6.38. The normalized spacial score (nSPS) is 11.5. The van der Waals surface area contributed by atoms with E-state index >= 15 is 0 Å². The van der Waals surface area contributed by atoms with E-state index in [0.29, 0.717) is 0 Å². The molecule has 1 heterocycles. The second-order valence-electron chi connectivity index (χ2n) is 16.2. The van der Waals surface area contributed by atoms with E-state index in [-0.39, 0.29) is 0 Å². The predicted octanol–water partition coefficient (Wildman–Crippen LogP) is 17.2. The van der Waals surface area contributed by atoms with E-state index in [1.165, 1.54) is 70.9 Å². The zero-order valence-electron chi connectivity index (χ0n) is 33.9. The predicted molar refractivity (Wildman–Crippen MR) is 263 cm³/mol. The van der Waals surface area contributed by atoms with Crippen molar-refractivity contribution in [1.82, 2.24) is 0 Å². The summed E-state index contributed by atoms with van der Waals surface area (Å²) in [6.07, 6.45) is 0. The van der Waals surface area contributed by atoms with Gasteiger partial charge in [0.2, 0.25) is 0 Å². The third-order valence-corrected chi connectivity index (χ3v) is 12.4. The Morgan fingerprint density at radius 2 is 0.774 bits per heavy atom. The Bertz CT molecular complexity index is 3600. The molecule has 0 spiro atoms. The van der Waals surface area contributed by atoms with E-state index in [0.717, 1.165) is 44.9 Å². The van der Waals surface area contributed by atoms with Crippen LogP contribution < -0.4 is 4.90 Å². The van der Waals surface area contributed by atoms with Crippen molar-refractivity contribution >= 4 is 71.1 Å². The Morgan fingerprint density at radius 1 is 0.258 bits per heavy atom. The summed E-state index contributed by atoms with van der Waals surface area (Å²) in [6.45, 7) is 0. The van der Waals surface area contributed by atoms with Gasteiger partial charge >= 0.3 is 0 Å². The minimum Gasteiger partial charge on any atom is -0.456 e. The molecule has 0 radical (unpaired) electrons. The molecule has 0 aliphatic rings. The number of furan rings is 1. The molecule has 0 amide bonds. The van der Waals surface area contributed by atoms with Gasteiger partial charge in [-0.1, -0.05) is 170 Å². The second-order valence-corrected chi connectivity index (χ2v) is 16.2. The van der Waals surface area contributed by atoms with E-state index < -0.39 is 0 Å². The number of hydrogen-bond donors (Lipinski definition) is 0. The SMILES string of the molecule is c1cc(-c2ccc3cc(N(c4ccc(-c5ccc6c(ccc7ccccc76)c5)cc4)c4ccc(-c5cccc6ccccc56)cc4)ccc3c2)cc(-c2cc3ccccc3o2)c1. The van der Waals surface area contributed by atoms with Crippen molar-refractivity contribution in [2.75, 3.05) is 4.90 Å². The summed E-state index contributed by atoms with van der Waals surface area (Å²) in [5, 5.41) is 11.1. The van der Waals surface area contributed by atoms with Gasteiger partial charge in [0, 0.05) is 28.0 Å². The number of nitrogens with zero attached hydrogens (tertiary/aromatic N) is 1. The van der Waals surface area contributed by atoms with Crippen molar-refractivity contribution in [1.29, 1.82) is 0 Å². The smallest absolute Gasteiger partial charge is 0.135 e. The summed E-state index contributed by atoms with van der Waals surface area (Å²) in [6, 6.07) is 85.6. The summed E-state index contributed by atoms with van der Waals surface area (Å²) in [5.41, 5.74) is 12.4. The van der Waals surface area contributed by atoms with Gasteiger partial charge < -0.3 is 9.32 Å². The minimum atomic E-state index is 0.878. The number of para-hydroxylation sites is 1. The van der Waals surface area contributed by atoms with Crippen molar-refractivity contribution in [2.24, 2.45) is 0 Å². The first kappa shape index (κ1) is 35.7. The lowest BCUT2D eigenvalue weighted by Gasteiger charge is -2.26. The van der Waals surface area contributed by atoms with Gasteiger partial charge in [-0.05, 0) is 143 Å². The molecular formula is C60H39NO. The van der Waals surface area contributed by atoms with Gasteiger partial charge in [-0.15, -0.1) is 0 Å². The molecule has 62 heavy (non-hydrogen) atoms. The van der Waals surface area contributed by atoms with Crippen molar-refractivity contribution in [3.8, 4) is 44.7 Å². The van der Waals surface area contributed by atoms with Crippen LogP contribution in [-0.2, 0) is 0 Å². The Morgan fingerprint density at radius 3 is 1.60 bits per heavy atom. The maximum Gasteiger partial charge on any atom is 0.135 e. The molecule has 0 bridgehead atoms. The van der Waals surface area contributed by atoms with Gasteiger partial charge in [0.15, 0.2) is 0 Å². The lowest BCUT2D eigenvalue weighted by atomic mass is 9.97. The lowest BCUT2D eigenvalue weighted by Crippen LogP contribution is -2.09. The number of hydrogen-bond acceptors (Lipinski definition) is 2. The molecular weight excluding hydrogens is 751 g/mol. The highest BCUT2D eigenvalue weighted by Crippen LogP contribution is 2.40. The highest BCUT2D eigenvalue weighted by molar-refractivity contribution is 6.08. The van der Waals surface area contributed by atoms with Gasteiger partial charge in [0.1, 0.15) is 11.3 Å². The molecule has 1 aromatic heterocycles. The Labute approximate surface area is 360 Å². The molecule has 0 aliphatic heterocycles. The summed E-state index contributed by atoms with van der Waals surface area (Å²) >= 11 is 0. The van der Waals surface area contributed by atoms with Gasteiger partial charge in [0.05, 0.1) is 0 Å². The lowest BCUT2D eigenvalue weighted by molar-refractivity contribution is 0.631. The number of anilines is 3. The van der Waals surface area contributed by atoms with E-state index in [4.69, 9.17) is 4.42 Å². The van der Waals surface area contributed by atoms with Crippen LogP contribution in [0.25, 0.3) is 98.8 Å². The van der Waals surface area contributed by atoms with Crippen LogP contribution in [0.2, 0.25) is 0 Å². The van der Waals surface area contributed by atoms with Gasteiger partial charge in [-0.25, -0.2) is 0 Å². The topological polar surface area (TPSA) is 16.4 Å². The molecule has 0 unspecified atom stereocenters. The van der Waals surface area contributed by atoms with Crippen LogP contribution >= 0.6 is 0 Å². The molecule has 2 nitrogen and oxygen atoms in total. The van der Waals surface area contributed by atoms with Crippen LogP contribution in [0.3, 0.4) is 0 Å². The van der Waals surface area contributed by atoms with E-state index in [2.05, 4.69) is 223 Å². The van der Waals surface area contributed by atoms with Crippen molar-refractivity contribution in [2.45, 2.75) is 0 Å². The van der Waals surface area contributed by atoms with Crippen LogP contribution in [0.5, 0.6) is 0 Å². The summed E-state index contributed by atoms with van der Waals surface area (Å²) in [4.78, 5) is 2.37. The fourth-order valence-corrected chi connectivity index (χ4v) is 9.24. The van der Waals surface area contributed by atoms with Crippen molar-refractivity contribution in [3.05, 3.63) is 237 Å². The number of rotatable bonds is 7. The van der Waals surface area contributed by atoms with Crippen LogP contribution in [0.1, 0.15) is 0 Å². The standard InChI is InChI=1S/C60H39NO/c1-4-15-55-41(9-1)12-8-17-57(55)43-25-31-53(32-26-43)61(52-29-23-40(24-30-52)45-28-34-58-49(36-45)22-19-42-10-2-5-16-56(42)58)54-33-27-47-35-46(20-21-48(47)38-54)44-13-7-14-50(37-44)60-39-51-11-3-6-18-59(51)62-60/h1-39H. The molecule has 0 N–H and O–H groups in total. The van der Waals surface area contributed by atoms with Crippen molar-refractivity contribution in [3.63, 3.8) is 0 Å². The summed E-state index contributed by atoms with van der Waals surface area (Å²) in [5.74, 6) is 0.878. The molecule has 2 heteroatoms. The number of fused-ring (bicyclic) bond motifs is 6. The van der Waals surface area contributed by atoms with Crippen LogP contribution in [0.15, 0.2) is 241 Å². The van der Waals surface area contributed by atoms with Crippen LogP contribution in [-0.4, -0.2) is 0 Å². The first-order valence-electron chi connectivity index (χ1n) is 21.2. The van der Waals surface area contributed by atoms with E-state index in [9.17, 15) is 0 Å². The Hall–Kier alpha value is -8.20. The van der Waals surface area contributed by atoms with Gasteiger partial charge in [0.25, 0.3) is 0 Å². The molecule has 0 fully saturated rings. The number of benzene rings is 11. The highest BCUT2D eigenvalue weighted by Gasteiger charge is 2.16. The highest BCUT2D eigenvalue weighted by atomic mass is 16.3. The minimum absolute atomic E-state index is 0.878. The maximum absolute atomic E-state index is 6.22. The maximum atomic E-state index is 6.22. The van der Waals surface area contributed by atoms with Crippen LogP contribution in [0.4, 0.5) is 17.1 Å². The fraction of sp³-hybridized carbons (Fsp3) is 0. The second kappa shape index (κ2) is 14.8. The molecule has 0 saturated heterocycles.